The number of benzene rings is 2. The highest BCUT2D eigenvalue weighted by molar-refractivity contribution is 6.30. The second-order valence-electron chi connectivity index (χ2n) is 5.18. The molecule has 4 nitrogen and oxygen atoms in total. The molecule has 0 aliphatic carbocycles. The minimum atomic E-state index is -0.451. The molecule has 0 N–H and O–H groups in total. The maximum atomic E-state index is 12.2. The maximum absolute atomic E-state index is 12.2. The first kappa shape index (κ1) is 16.9. The molecule has 0 heterocycles. The fourth-order valence-corrected chi connectivity index (χ4v) is 2.31. The van der Waals surface area contributed by atoms with Crippen LogP contribution in [0.25, 0.3) is 6.08 Å². The first-order valence-corrected chi connectivity index (χ1v) is 7.56. The number of Topliss-reactive ketones (excluding diaryl/α,β-unsaturated/α-hetero) is 1. The molecular formula is C18H16ClNO3. The highest BCUT2D eigenvalue weighted by Crippen LogP contribution is 2.16. The third-order valence-electron chi connectivity index (χ3n) is 3.36. The maximum Gasteiger partial charge on any atom is 0.210 e. The zero-order chi connectivity index (χ0) is 16.7. The van der Waals surface area contributed by atoms with Crippen LogP contribution >= 0.6 is 11.6 Å². The van der Waals surface area contributed by atoms with E-state index in [0.717, 1.165) is 5.56 Å². The largest absolute Gasteiger partial charge is 0.294 e. The van der Waals surface area contributed by atoms with Gasteiger partial charge in [0.05, 0.1) is 0 Å². The molecule has 0 radical (unpaired) electrons. The Kier molecular flexibility index (Phi) is 6.06. The van der Waals surface area contributed by atoms with Crippen molar-refractivity contribution >= 4 is 23.5 Å². The Morgan fingerprint density at radius 1 is 1.13 bits per heavy atom. The van der Waals surface area contributed by atoms with E-state index in [1.807, 2.05) is 18.2 Å². The van der Waals surface area contributed by atoms with E-state index in [1.165, 1.54) is 0 Å². The molecule has 0 aromatic heterocycles. The fraction of sp³-hybridized carbons (Fsp3) is 0.167. The summed E-state index contributed by atoms with van der Waals surface area (Å²) in [6.45, 7) is -0.275. The summed E-state index contributed by atoms with van der Waals surface area (Å²) in [6.07, 6.45) is 3.60. The molecular weight excluding hydrogens is 314 g/mol. The fourth-order valence-electron chi connectivity index (χ4n) is 2.19. The van der Waals surface area contributed by atoms with E-state index < -0.39 is 10.8 Å². The van der Waals surface area contributed by atoms with Gasteiger partial charge in [-0.25, -0.2) is 0 Å². The Morgan fingerprint density at radius 3 is 2.39 bits per heavy atom. The second kappa shape index (κ2) is 8.25. The van der Waals surface area contributed by atoms with Crippen molar-refractivity contribution in [1.82, 2.24) is 0 Å². The molecule has 0 aliphatic rings. The van der Waals surface area contributed by atoms with Gasteiger partial charge >= 0.3 is 0 Å². The lowest BCUT2D eigenvalue weighted by Gasteiger charge is -2.07. The Labute approximate surface area is 139 Å². The lowest BCUT2D eigenvalue weighted by molar-refractivity contribution is -0.485. The number of ketones is 1. The molecule has 118 valence electrons. The summed E-state index contributed by atoms with van der Waals surface area (Å²) in [7, 11) is 0. The van der Waals surface area contributed by atoms with Gasteiger partial charge in [-0.2, -0.15) is 0 Å². The molecule has 0 aliphatic heterocycles. The van der Waals surface area contributed by atoms with Gasteiger partial charge in [0.1, 0.15) is 0 Å². The van der Waals surface area contributed by atoms with Crippen molar-refractivity contribution in [3.63, 3.8) is 0 Å². The van der Waals surface area contributed by atoms with E-state index in [9.17, 15) is 14.9 Å². The lowest BCUT2D eigenvalue weighted by atomic mass is 9.97. The van der Waals surface area contributed by atoms with Crippen LogP contribution in [0.5, 0.6) is 0 Å². The molecule has 0 saturated heterocycles. The Morgan fingerprint density at radius 2 is 1.78 bits per heavy atom. The number of hydrogen-bond donors (Lipinski definition) is 0. The van der Waals surface area contributed by atoms with Crippen LogP contribution in [0.2, 0.25) is 5.02 Å². The van der Waals surface area contributed by atoms with Crippen LogP contribution in [0.15, 0.2) is 60.7 Å². The molecule has 0 fully saturated rings. The van der Waals surface area contributed by atoms with Gasteiger partial charge < -0.3 is 0 Å². The van der Waals surface area contributed by atoms with Gasteiger partial charge in [-0.15, -0.1) is 0 Å². The first-order valence-electron chi connectivity index (χ1n) is 7.18. The molecule has 0 bridgehead atoms. The minimum Gasteiger partial charge on any atom is -0.294 e. The predicted molar refractivity (Wildman–Crippen MR) is 91.2 cm³/mol. The van der Waals surface area contributed by atoms with Crippen molar-refractivity contribution in [1.29, 1.82) is 0 Å². The molecule has 0 unspecified atom stereocenters. The van der Waals surface area contributed by atoms with Crippen LogP contribution in [0, 0.1) is 16.0 Å². The van der Waals surface area contributed by atoms with Crippen LogP contribution in [0.1, 0.15) is 22.3 Å². The summed E-state index contributed by atoms with van der Waals surface area (Å²) in [5, 5.41) is 11.5. The standard InChI is InChI=1S/C18H16ClNO3/c19-17-10-8-14(9-11-17)6-7-15(13-20(22)23)12-18(21)16-4-2-1-3-5-16/h1-11,15H,12-13H2/b7-6+/t15-/m1/s1. The van der Waals surface area contributed by atoms with Gasteiger partial charge in [0, 0.05) is 27.8 Å². The average molecular weight is 330 g/mol. The van der Waals surface area contributed by atoms with E-state index in [0.29, 0.717) is 10.6 Å². The summed E-state index contributed by atoms with van der Waals surface area (Å²) in [5.74, 6) is -0.549. The average Bonchev–Trinajstić information content (AvgIpc) is 2.54. The van der Waals surface area contributed by atoms with Gasteiger partial charge in [0.2, 0.25) is 6.54 Å². The minimum absolute atomic E-state index is 0.0989. The SMILES string of the molecule is O=C(C[C@@H](/C=C/c1ccc(Cl)cc1)C[N+](=O)[O-])c1ccccc1. The van der Waals surface area contributed by atoms with Crippen molar-refractivity contribution in [3.8, 4) is 0 Å². The van der Waals surface area contributed by atoms with Crippen LogP contribution in [0.4, 0.5) is 0 Å². The smallest absolute Gasteiger partial charge is 0.210 e. The van der Waals surface area contributed by atoms with Gasteiger partial charge in [-0.05, 0) is 17.7 Å². The van der Waals surface area contributed by atoms with Crippen molar-refractivity contribution in [2.75, 3.05) is 6.54 Å². The summed E-state index contributed by atoms with van der Waals surface area (Å²) in [5.41, 5.74) is 1.45. The lowest BCUT2D eigenvalue weighted by Crippen LogP contribution is -2.16. The number of nitrogens with zero attached hydrogens (tertiary/aromatic N) is 1. The molecule has 1 atom stereocenters. The summed E-state index contributed by atoms with van der Waals surface area (Å²) in [4.78, 5) is 22.7. The Balaban J connectivity index is 2.09. The quantitative estimate of drug-likeness (QED) is 0.426. The summed E-state index contributed by atoms with van der Waals surface area (Å²) < 4.78 is 0. The Hall–Kier alpha value is -2.46. The Bertz CT molecular complexity index is 696. The number of carbonyl (C=O) groups is 1. The number of hydrogen-bond acceptors (Lipinski definition) is 3. The van der Waals surface area contributed by atoms with Crippen molar-refractivity contribution in [3.05, 3.63) is 86.9 Å². The van der Waals surface area contributed by atoms with E-state index in [4.69, 9.17) is 11.6 Å². The van der Waals surface area contributed by atoms with Gasteiger partial charge in [0.15, 0.2) is 5.78 Å². The highest BCUT2D eigenvalue weighted by atomic mass is 35.5. The number of nitro groups is 1. The molecule has 2 rings (SSSR count). The van der Waals surface area contributed by atoms with E-state index in [1.54, 1.807) is 48.6 Å². The normalized spacial score (nSPS) is 12.2. The topological polar surface area (TPSA) is 60.2 Å². The van der Waals surface area contributed by atoms with Crippen LogP contribution < -0.4 is 0 Å². The number of carbonyl (C=O) groups excluding carboxylic acids is 1. The van der Waals surface area contributed by atoms with Gasteiger partial charge in [-0.1, -0.05) is 66.2 Å². The summed E-state index contributed by atoms with van der Waals surface area (Å²) >= 11 is 5.82. The zero-order valence-corrected chi connectivity index (χ0v) is 13.1. The first-order chi connectivity index (χ1) is 11.0. The van der Waals surface area contributed by atoms with Crippen LogP contribution in [-0.4, -0.2) is 17.3 Å². The van der Waals surface area contributed by atoms with E-state index in [2.05, 4.69) is 0 Å². The molecule has 2 aromatic carbocycles. The molecule has 5 heteroatoms. The second-order valence-corrected chi connectivity index (χ2v) is 5.62. The van der Waals surface area contributed by atoms with E-state index in [-0.39, 0.29) is 18.7 Å². The third-order valence-corrected chi connectivity index (χ3v) is 3.61. The van der Waals surface area contributed by atoms with Crippen molar-refractivity contribution in [2.45, 2.75) is 6.42 Å². The van der Waals surface area contributed by atoms with E-state index >= 15 is 0 Å². The van der Waals surface area contributed by atoms with Crippen LogP contribution in [0.3, 0.4) is 0 Å². The number of halogens is 1. The zero-order valence-electron chi connectivity index (χ0n) is 12.4. The highest BCUT2D eigenvalue weighted by Gasteiger charge is 2.17. The number of rotatable bonds is 7. The van der Waals surface area contributed by atoms with Gasteiger partial charge in [0.25, 0.3) is 0 Å². The molecule has 0 spiro atoms. The molecule has 0 amide bonds. The predicted octanol–water partition coefficient (Wildman–Crippen LogP) is 4.52. The molecule has 23 heavy (non-hydrogen) atoms. The van der Waals surface area contributed by atoms with Crippen molar-refractivity contribution < 1.29 is 9.72 Å². The monoisotopic (exact) mass is 329 g/mol. The molecule has 0 saturated carbocycles. The van der Waals surface area contributed by atoms with Crippen molar-refractivity contribution in [2.24, 2.45) is 5.92 Å². The van der Waals surface area contributed by atoms with Gasteiger partial charge in [-0.3, -0.25) is 14.9 Å². The van der Waals surface area contributed by atoms with Crippen LogP contribution in [-0.2, 0) is 0 Å². The summed E-state index contributed by atoms with van der Waals surface area (Å²) in [6, 6.07) is 16.0. The molecule has 2 aromatic rings. The third kappa shape index (κ3) is 5.68.